The summed E-state index contributed by atoms with van der Waals surface area (Å²) < 4.78 is 5.76. The number of rotatable bonds is 6. The lowest BCUT2D eigenvalue weighted by Gasteiger charge is -2.36. The van der Waals surface area contributed by atoms with E-state index in [9.17, 15) is 5.11 Å². The molecule has 1 unspecified atom stereocenters. The lowest BCUT2D eigenvalue weighted by Crippen LogP contribution is -2.46. The van der Waals surface area contributed by atoms with Gasteiger partial charge in [-0.05, 0) is 79.8 Å². The summed E-state index contributed by atoms with van der Waals surface area (Å²) >= 11 is 0. The van der Waals surface area contributed by atoms with Crippen LogP contribution in [0.1, 0.15) is 43.7 Å². The second-order valence-electron chi connectivity index (χ2n) is 9.67. The van der Waals surface area contributed by atoms with Crippen molar-refractivity contribution in [3.05, 3.63) is 47.5 Å². The fourth-order valence-corrected chi connectivity index (χ4v) is 5.42. The van der Waals surface area contributed by atoms with E-state index >= 15 is 0 Å². The Hall–Kier alpha value is -2.40. The van der Waals surface area contributed by atoms with Gasteiger partial charge >= 0.3 is 0 Å². The highest BCUT2D eigenvalue weighted by atomic mass is 16.5. The van der Waals surface area contributed by atoms with Gasteiger partial charge in [-0.3, -0.25) is 4.90 Å². The first kappa shape index (κ1) is 20.5. The van der Waals surface area contributed by atoms with Gasteiger partial charge in [-0.25, -0.2) is 0 Å². The molecule has 166 valence electrons. The van der Waals surface area contributed by atoms with Gasteiger partial charge in [0.05, 0.1) is 6.61 Å². The molecule has 2 aromatic carbocycles. The van der Waals surface area contributed by atoms with E-state index in [1.807, 2.05) is 12.1 Å². The van der Waals surface area contributed by atoms with Gasteiger partial charge in [-0.1, -0.05) is 13.3 Å². The Morgan fingerprint density at radius 2 is 1.94 bits per heavy atom. The topological polar surface area (TPSA) is 48.0 Å². The molecule has 3 aliphatic rings. The van der Waals surface area contributed by atoms with Crippen LogP contribution in [0.4, 0.5) is 11.4 Å². The number of aromatic hydroxyl groups is 1. The van der Waals surface area contributed by atoms with Crippen molar-refractivity contribution in [2.75, 3.05) is 56.1 Å². The quantitative estimate of drug-likeness (QED) is 0.535. The Balaban J connectivity index is 1.07. The van der Waals surface area contributed by atoms with Gasteiger partial charge in [0.2, 0.25) is 0 Å². The number of nitrogens with zero attached hydrogens (tertiary/aromatic N) is 2. The molecule has 0 amide bonds. The maximum atomic E-state index is 9.89. The molecule has 0 aliphatic carbocycles. The van der Waals surface area contributed by atoms with E-state index in [-0.39, 0.29) is 5.41 Å². The zero-order valence-electron chi connectivity index (χ0n) is 18.7. The standard InChI is InChI=1S/C26H35N3O2/c1-26(19-27-24-8-7-22(30)18-23(24)26)10-2-3-11-28-12-14-29(15-13-28)21-6-9-25-20(17-21)5-4-16-31-25/h6-9,17-18,27,30H,2-5,10-16,19H2,1H3. The molecule has 0 saturated carbocycles. The predicted octanol–water partition coefficient (Wildman–Crippen LogP) is 4.39. The molecule has 5 heteroatoms. The molecule has 5 rings (SSSR count). The van der Waals surface area contributed by atoms with Crippen molar-refractivity contribution in [2.45, 2.75) is 44.4 Å². The van der Waals surface area contributed by atoms with Crippen LogP contribution in [0.5, 0.6) is 11.5 Å². The molecule has 3 aliphatic heterocycles. The fraction of sp³-hybridized carbons (Fsp3) is 0.538. The highest BCUT2D eigenvalue weighted by molar-refractivity contribution is 5.62. The number of phenols is 1. The molecule has 0 radical (unpaired) electrons. The van der Waals surface area contributed by atoms with Gasteiger partial charge in [0, 0.05) is 49.5 Å². The van der Waals surface area contributed by atoms with Crippen LogP contribution in [0.15, 0.2) is 36.4 Å². The molecule has 5 nitrogen and oxygen atoms in total. The minimum atomic E-state index is 0.128. The van der Waals surface area contributed by atoms with Crippen LogP contribution in [-0.2, 0) is 11.8 Å². The van der Waals surface area contributed by atoms with Crippen LogP contribution < -0.4 is 15.0 Å². The summed E-state index contributed by atoms with van der Waals surface area (Å²) in [6, 6.07) is 12.5. The first-order valence-electron chi connectivity index (χ1n) is 11.9. The third-order valence-corrected chi connectivity index (χ3v) is 7.40. The van der Waals surface area contributed by atoms with Crippen LogP contribution in [-0.4, -0.2) is 55.9 Å². The predicted molar refractivity (Wildman–Crippen MR) is 127 cm³/mol. The van der Waals surface area contributed by atoms with E-state index in [4.69, 9.17) is 4.74 Å². The van der Waals surface area contributed by atoms with Gasteiger partial charge in [-0.2, -0.15) is 0 Å². The first-order valence-corrected chi connectivity index (χ1v) is 11.9. The minimum absolute atomic E-state index is 0.128. The normalized spacial score (nSPS) is 23.1. The van der Waals surface area contributed by atoms with Crippen LogP contribution in [0.25, 0.3) is 0 Å². The molecule has 1 saturated heterocycles. The van der Waals surface area contributed by atoms with Crippen molar-refractivity contribution in [3.8, 4) is 11.5 Å². The van der Waals surface area contributed by atoms with Crippen molar-refractivity contribution in [3.63, 3.8) is 0 Å². The van der Waals surface area contributed by atoms with E-state index in [1.165, 1.54) is 41.9 Å². The Morgan fingerprint density at radius 1 is 1.06 bits per heavy atom. The Labute approximate surface area is 186 Å². The Morgan fingerprint density at radius 3 is 2.81 bits per heavy atom. The Bertz CT molecular complexity index is 923. The number of hydrogen-bond donors (Lipinski definition) is 2. The lowest BCUT2D eigenvalue weighted by atomic mass is 9.80. The summed E-state index contributed by atoms with van der Waals surface area (Å²) in [5, 5.41) is 13.4. The van der Waals surface area contributed by atoms with Crippen molar-refractivity contribution in [2.24, 2.45) is 0 Å². The summed E-state index contributed by atoms with van der Waals surface area (Å²) in [5.74, 6) is 1.45. The molecule has 1 atom stereocenters. The van der Waals surface area contributed by atoms with Crippen molar-refractivity contribution in [1.29, 1.82) is 0 Å². The first-order chi connectivity index (χ1) is 15.1. The maximum absolute atomic E-state index is 9.89. The molecule has 0 bridgehead atoms. The number of benzene rings is 2. The summed E-state index contributed by atoms with van der Waals surface area (Å²) in [5.41, 5.74) is 5.31. The highest BCUT2D eigenvalue weighted by Gasteiger charge is 2.34. The summed E-state index contributed by atoms with van der Waals surface area (Å²) in [4.78, 5) is 5.15. The van der Waals surface area contributed by atoms with Gasteiger partial charge in [0.15, 0.2) is 0 Å². The maximum Gasteiger partial charge on any atom is 0.122 e. The van der Waals surface area contributed by atoms with Gasteiger partial charge in [-0.15, -0.1) is 0 Å². The second kappa shape index (κ2) is 8.62. The number of unbranched alkanes of at least 4 members (excludes halogenated alkanes) is 1. The van der Waals surface area contributed by atoms with Crippen molar-refractivity contribution in [1.82, 2.24) is 4.90 Å². The average Bonchev–Trinajstić information content (AvgIpc) is 3.13. The number of nitrogens with one attached hydrogen (secondary N) is 1. The number of phenolic OH excluding ortho intramolecular Hbond substituents is 1. The Kier molecular flexibility index (Phi) is 5.70. The highest BCUT2D eigenvalue weighted by Crippen LogP contribution is 2.41. The molecular formula is C26H35N3O2. The summed E-state index contributed by atoms with van der Waals surface area (Å²) in [7, 11) is 0. The van der Waals surface area contributed by atoms with Crippen LogP contribution in [0.2, 0.25) is 0 Å². The van der Waals surface area contributed by atoms with Crippen molar-refractivity contribution < 1.29 is 9.84 Å². The smallest absolute Gasteiger partial charge is 0.122 e. The number of piperazine rings is 1. The monoisotopic (exact) mass is 421 g/mol. The molecule has 0 aromatic heterocycles. The number of anilines is 2. The minimum Gasteiger partial charge on any atom is -0.508 e. The average molecular weight is 422 g/mol. The van der Waals surface area contributed by atoms with Crippen molar-refractivity contribution >= 4 is 11.4 Å². The number of ether oxygens (including phenoxy) is 1. The molecular weight excluding hydrogens is 386 g/mol. The van der Waals surface area contributed by atoms with E-state index in [0.29, 0.717) is 5.75 Å². The van der Waals surface area contributed by atoms with Crippen LogP contribution in [0, 0.1) is 0 Å². The van der Waals surface area contributed by atoms with E-state index < -0.39 is 0 Å². The summed E-state index contributed by atoms with van der Waals surface area (Å²) in [6.45, 7) is 9.83. The van der Waals surface area contributed by atoms with E-state index in [2.05, 4.69) is 40.2 Å². The summed E-state index contributed by atoms with van der Waals surface area (Å²) in [6.07, 6.45) is 5.89. The zero-order valence-corrected chi connectivity index (χ0v) is 18.7. The number of hydrogen-bond acceptors (Lipinski definition) is 5. The largest absolute Gasteiger partial charge is 0.508 e. The third kappa shape index (κ3) is 4.33. The molecule has 2 N–H and O–H groups in total. The van der Waals surface area contributed by atoms with Gasteiger partial charge < -0.3 is 20.1 Å². The third-order valence-electron chi connectivity index (χ3n) is 7.40. The number of fused-ring (bicyclic) bond motifs is 2. The van der Waals surface area contributed by atoms with Crippen LogP contribution in [0.3, 0.4) is 0 Å². The molecule has 31 heavy (non-hydrogen) atoms. The van der Waals surface area contributed by atoms with Crippen LogP contribution >= 0.6 is 0 Å². The van der Waals surface area contributed by atoms with E-state index in [1.54, 1.807) is 6.07 Å². The molecule has 2 aromatic rings. The number of aryl methyl sites for hydroxylation is 1. The zero-order chi connectivity index (χ0) is 21.3. The van der Waals surface area contributed by atoms with E-state index in [0.717, 1.165) is 64.3 Å². The van der Waals surface area contributed by atoms with Gasteiger partial charge in [0.25, 0.3) is 0 Å². The van der Waals surface area contributed by atoms with Gasteiger partial charge in [0.1, 0.15) is 11.5 Å². The second-order valence-corrected chi connectivity index (χ2v) is 9.67. The fourth-order valence-electron chi connectivity index (χ4n) is 5.42. The molecule has 0 spiro atoms. The molecule has 1 fully saturated rings. The lowest BCUT2D eigenvalue weighted by molar-refractivity contribution is 0.249. The SMILES string of the molecule is CC1(CCCCN2CCN(c3ccc4c(c3)CCCO4)CC2)CNc2ccc(O)cc21. The molecule has 3 heterocycles.